The zero-order valence-electron chi connectivity index (χ0n) is 6.60. The summed E-state index contributed by atoms with van der Waals surface area (Å²) in [4.78, 5) is 5.40. The molecule has 3 heteroatoms. The van der Waals surface area contributed by atoms with Crippen molar-refractivity contribution in [1.82, 2.24) is 5.06 Å². The molecule has 0 fully saturated rings. The molecule has 12 heavy (non-hydrogen) atoms. The molecule has 1 aliphatic heterocycles. The zero-order valence-corrected chi connectivity index (χ0v) is 6.60. The molecule has 0 bridgehead atoms. The van der Waals surface area contributed by atoms with Crippen molar-refractivity contribution in [3.63, 3.8) is 0 Å². The molecule has 0 unspecified atom stereocenters. The van der Waals surface area contributed by atoms with E-state index in [-0.39, 0.29) is 0 Å². The summed E-state index contributed by atoms with van der Waals surface area (Å²) in [6, 6.07) is 7.33. The summed E-state index contributed by atoms with van der Waals surface area (Å²) < 4.78 is 0. The van der Waals surface area contributed by atoms with Gasteiger partial charge in [0.1, 0.15) is 0 Å². The zero-order chi connectivity index (χ0) is 8.39. The molecule has 0 aromatic heterocycles. The average molecular weight is 162 g/mol. The lowest BCUT2D eigenvalue weighted by Crippen LogP contribution is -2.27. The molecule has 0 radical (unpaired) electrons. The number of anilines is 1. The number of nitrogens with zero attached hydrogens (tertiary/aromatic N) is 1. The molecule has 0 amide bonds. The fourth-order valence-electron chi connectivity index (χ4n) is 0.923. The highest BCUT2D eigenvalue weighted by molar-refractivity contribution is 5.41. The Morgan fingerprint density at radius 3 is 2.42 bits per heavy atom. The molecule has 1 aliphatic rings. The fourth-order valence-corrected chi connectivity index (χ4v) is 0.923. The van der Waals surface area contributed by atoms with Gasteiger partial charge in [0.15, 0.2) is 5.75 Å². The maximum absolute atomic E-state index is 5.52. The first-order valence-electron chi connectivity index (χ1n) is 3.81. The second kappa shape index (κ2) is 2.77. The van der Waals surface area contributed by atoms with Gasteiger partial charge in [-0.1, -0.05) is 0 Å². The van der Waals surface area contributed by atoms with E-state index in [4.69, 9.17) is 10.6 Å². The molecule has 62 valence electrons. The maximum atomic E-state index is 5.52. The number of benzene rings is 1. The first-order valence-corrected chi connectivity index (χ1v) is 3.81. The number of nitrogens with two attached hydrogens (primary N) is 1. The van der Waals surface area contributed by atoms with E-state index in [1.54, 1.807) is 5.06 Å². The van der Waals surface area contributed by atoms with Crippen molar-refractivity contribution in [2.45, 2.75) is 0 Å². The van der Waals surface area contributed by atoms with Crippen LogP contribution in [0, 0.1) is 0 Å². The fraction of sp³-hybridized carbons (Fsp3) is 0.111. The number of hydroxylamine groups is 2. The van der Waals surface area contributed by atoms with Crippen LogP contribution in [0.5, 0.6) is 5.75 Å². The SMILES string of the molecule is Nc1ccc(ON2C=CC2)cc1. The predicted octanol–water partition coefficient (Wildman–Crippen LogP) is 1.39. The molecule has 0 aliphatic carbocycles. The summed E-state index contributed by atoms with van der Waals surface area (Å²) in [5.74, 6) is 0.813. The van der Waals surface area contributed by atoms with Crippen LogP contribution in [0.25, 0.3) is 0 Å². The van der Waals surface area contributed by atoms with E-state index < -0.39 is 0 Å². The Hall–Kier alpha value is -1.64. The van der Waals surface area contributed by atoms with E-state index >= 15 is 0 Å². The minimum absolute atomic E-state index is 0.751. The van der Waals surface area contributed by atoms with Crippen molar-refractivity contribution in [2.75, 3.05) is 12.3 Å². The van der Waals surface area contributed by atoms with Gasteiger partial charge in [-0.25, -0.2) is 5.06 Å². The predicted molar refractivity (Wildman–Crippen MR) is 47.3 cm³/mol. The van der Waals surface area contributed by atoms with Gasteiger partial charge in [-0.3, -0.25) is 0 Å². The lowest BCUT2D eigenvalue weighted by atomic mass is 10.3. The minimum atomic E-state index is 0.751. The molecule has 1 aromatic rings. The summed E-state index contributed by atoms with van der Waals surface area (Å²) in [6.45, 7) is 0.852. The van der Waals surface area contributed by atoms with Gasteiger partial charge in [0, 0.05) is 11.9 Å². The van der Waals surface area contributed by atoms with Gasteiger partial charge < -0.3 is 10.6 Å². The first-order chi connectivity index (χ1) is 5.84. The molecular weight excluding hydrogens is 152 g/mol. The van der Waals surface area contributed by atoms with Gasteiger partial charge in [-0.15, -0.1) is 0 Å². The summed E-state index contributed by atoms with van der Waals surface area (Å²) >= 11 is 0. The molecular formula is C9H10N2O. The summed E-state index contributed by atoms with van der Waals surface area (Å²) in [5, 5.41) is 1.76. The van der Waals surface area contributed by atoms with Gasteiger partial charge in [0.05, 0.1) is 6.54 Å². The summed E-state index contributed by atoms with van der Waals surface area (Å²) in [5.41, 5.74) is 6.27. The number of hydrogen-bond donors (Lipinski definition) is 1. The van der Waals surface area contributed by atoms with E-state index in [1.807, 2.05) is 36.5 Å². The molecule has 0 atom stereocenters. The average Bonchev–Trinajstić information content (AvgIpc) is 2.00. The monoisotopic (exact) mass is 162 g/mol. The summed E-state index contributed by atoms with van der Waals surface area (Å²) in [7, 11) is 0. The van der Waals surface area contributed by atoms with E-state index in [2.05, 4.69) is 0 Å². The van der Waals surface area contributed by atoms with Crippen molar-refractivity contribution in [2.24, 2.45) is 0 Å². The van der Waals surface area contributed by atoms with Crippen molar-refractivity contribution in [3.05, 3.63) is 36.5 Å². The Bertz CT molecular complexity index is 292. The highest BCUT2D eigenvalue weighted by Crippen LogP contribution is 2.16. The van der Waals surface area contributed by atoms with Crippen LogP contribution in [0.1, 0.15) is 0 Å². The van der Waals surface area contributed by atoms with E-state index in [0.29, 0.717) is 0 Å². The Kier molecular flexibility index (Phi) is 1.63. The lowest BCUT2D eigenvalue weighted by Gasteiger charge is -2.24. The largest absolute Gasteiger partial charge is 0.399 e. The molecule has 1 heterocycles. The third-order valence-electron chi connectivity index (χ3n) is 1.66. The van der Waals surface area contributed by atoms with E-state index in [1.165, 1.54) is 0 Å². The van der Waals surface area contributed by atoms with Gasteiger partial charge in [0.25, 0.3) is 0 Å². The number of rotatable bonds is 2. The minimum Gasteiger partial charge on any atom is -0.399 e. The van der Waals surface area contributed by atoms with Crippen LogP contribution in [-0.2, 0) is 0 Å². The van der Waals surface area contributed by atoms with Crippen LogP contribution in [-0.4, -0.2) is 11.6 Å². The van der Waals surface area contributed by atoms with Crippen LogP contribution in [0.15, 0.2) is 36.5 Å². The second-order valence-electron chi connectivity index (χ2n) is 2.64. The van der Waals surface area contributed by atoms with Crippen LogP contribution in [0.4, 0.5) is 5.69 Å². The quantitative estimate of drug-likeness (QED) is 0.668. The second-order valence-corrected chi connectivity index (χ2v) is 2.64. The van der Waals surface area contributed by atoms with Gasteiger partial charge in [-0.2, -0.15) is 0 Å². The highest BCUT2D eigenvalue weighted by atomic mass is 16.7. The Balaban J connectivity index is 2.03. The van der Waals surface area contributed by atoms with Gasteiger partial charge in [0.2, 0.25) is 0 Å². The van der Waals surface area contributed by atoms with E-state index in [9.17, 15) is 0 Å². The third-order valence-corrected chi connectivity index (χ3v) is 1.66. The summed E-state index contributed by atoms with van der Waals surface area (Å²) in [6.07, 6.45) is 3.91. The third kappa shape index (κ3) is 1.34. The molecule has 3 nitrogen and oxygen atoms in total. The lowest BCUT2D eigenvalue weighted by molar-refractivity contribution is -0.0134. The van der Waals surface area contributed by atoms with Gasteiger partial charge in [-0.05, 0) is 30.3 Å². The van der Waals surface area contributed by atoms with Gasteiger partial charge >= 0.3 is 0 Å². The molecule has 1 aromatic carbocycles. The van der Waals surface area contributed by atoms with Crippen molar-refractivity contribution < 1.29 is 4.84 Å². The smallest absolute Gasteiger partial charge is 0.155 e. The van der Waals surface area contributed by atoms with Crippen molar-refractivity contribution >= 4 is 5.69 Å². The molecule has 2 rings (SSSR count). The van der Waals surface area contributed by atoms with Crippen molar-refractivity contribution in [3.8, 4) is 5.75 Å². The Morgan fingerprint density at radius 2 is 1.92 bits per heavy atom. The Morgan fingerprint density at radius 1 is 1.25 bits per heavy atom. The van der Waals surface area contributed by atoms with Crippen molar-refractivity contribution in [1.29, 1.82) is 0 Å². The van der Waals surface area contributed by atoms with Crippen LogP contribution in [0.2, 0.25) is 0 Å². The molecule has 0 saturated carbocycles. The molecule has 0 spiro atoms. The molecule has 2 N–H and O–H groups in total. The van der Waals surface area contributed by atoms with Crippen LogP contribution >= 0.6 is 0 Å². The first kappa shape index (κ1) is 7.03. The topological polar surface area (TPSA) is 38.5 Å². The maximum Gasteiger partial charge on any atom is 0.155 e. The standard InChI is InChI=1S/C9H10N2O/c10-8-2-4-9(5-3-8)12-11-6-1-7-11/h1-6H,7,10H2. The molecule has 0 saturated heterocycles. The van der Waals surface area contributed by atoms with E-state index in [0.717, 1.165) is 18.0 Å². The van der Waals surface area contributed by atoms with Crippen LogP contribution < -0.4 is 10.6 Å². The number of hydrogen-bond acceptors (Lipinski definition) is 3. The van der Waals surface area contributed by atoms with Crippen LogP contribution in [0.3, 0.4) is 0 Å². The highest BCUT2D eigenvalue weighted by Gasteiger charge is 2.05. The Labute approximate surface area is 71.0 Å². The number of nitrogen functional groups attached to an aromatic ring is 1. The normalized spacial score (nSPS) is 14.2.